The molecule has 4 aromatic rings. The molecule has 0 amide bonds. The van der Waals surface area contributed by atoms with Gasteiger partial charge in [-0.05, 0) is 35.0 Å². The minimum Gasteiger partial charge on any atom is -1.00 e. The lowest BCUT2D eigenvalue weighted by Gasteiger charge is -2.03. The lowest BCUT2D eigenvalue weighted by atomic mass is 10.1. The van der Waals surface area contributed by atoms with E-state index in [4.69, 9.17) is 0 Å². The van der Waals surface area contributed by atoms with Gasteiger partial charge in [0.05, 0.1) is 0 Å². The molecule has 0 spiro atoms. The molecule has 2 heterocycles. The molecule has 132 valence electrons. The Morgan fingerprint density at radius 2 is 0.962 bits per heavy atom. The van der Waals surface area contributed by atoms with Crippen molar-refractivity contribution in [2.75, 3.05) is 0 Å². The molecule has 2 nitrogen and oxygen atoms in total. The second-order valence-corrected chi connectivity index (χ2v) is 7.13. The van der Waals surface area contributed by atoms with Gasteiger partial charge in [0.2, 0.25) is 11.4 Å². The molecule has 0 aliphatic heterocycles. The van der Waals surface area contributed by atoms with Crippen molar-refractivity contribution >= 4 is 42.6 Å². The highest BCUT2D eigenvalue weighted by molar-refractivity contribution is 9.10. The maximum absolute atomic E-state index is 3.60. The van der Waals surface area contributed by atoms with Gasteiger partial charge in [-0.2, -0.15) is 9.13 Å². The Morgan fingerprint density at radius 3 is 1.35 bits per heavy atom. The summed E-state index contributed by atoms with van der Waals surface area (Å²) in [6.07, 6.45) is 4.10. The Morgan fingerprint density at radius 1 is 0.538 bits per heavy atom. The molecule has 0 radical (unpaired) electrons. The molecule has 6 heteroatoms. The van der Waals surface area contributed by atoms with Gasteiger partial charge < -0.3 is 34.0 Å². The molecule has 0 bridgehead atoms. The molecule has 0 N–H and O–H groups in total. The molecular weight excluding hydrogens is 588 g/mol. The number of fused-ring (bicyclic) bond motifs is 1. The first-order valence-electron chi connectivity index (χ1n) is 7.59. The minimum absolute atomic E-state index is 0. The van der Waals surface area contributed by atoms with Crippen molar-refractivity contribution in [2.24, 2.45) is 0 Å². The maximum Gasteiger partial charge on any atom is 0.253 e. The first-order valence-corrected chi connectivity index (χ1v) is 9.18. The topological polar surface area (TPSA) is 7.76 Å². The molecule has 26 heavy (non-hydrogen) atoms. The monoisotopic (exact) mass is 598 g/mol. The van der Waals surface area contributed by atoms with Crippen molar-refractivity contribution in [1.82, 2.24) is 0 Å². The highest BCUT2D eigenvalue weighted by atomic mass is 79.9. The summed E-state index contributed by atoms with van der Waals surface area (Å²) in [7, 11) is 0. The smallest absolute Gasteiger partial charge is 0.253 e. The SMILES string of the molecule is Brc1cccc[n+]1-c1ccc2cc(-[n+]3ccccc3Br)ccc2c1.[Br-].[Br-]. The van der Waals surface area contributed by atoms with Crippen molar-refractivity contribution in [2.45, 2.75) is 0 Å². The number of rotatable bonds is 2. The van der Waals surface area contributed by atoms with Crippen LogP contribution in [0.25, 0.3) is 22.1 Å². The fourth-order valence-corrected chi connectivity index (χ4v) is 3.73. The van der Waals surface area contributed by atoms with Gasteiger partial charge in [-0.25, -0.2) is 0 Å². The lowest BCUT2D eigenvalue weighted by molar-refractivity contribution is -0.608. The van der Waals surface area contributed by atoms with E-state index >= 15 is 0 Å². The number of hydrogen-bond acceptors (Lipinski definition) is 0. The Bertz CT molecular complexity index is 966. The summed E-state index contributed by atoms with van der Waals surface area (Å²) in [6.45, 7) is 0. The maximum atomic E-state index is 3.60. The van der Waals surface area contributed by atoms with E-state index in [0.29, 0.717) is 0 Å². The van der Waals surface area contributed by atoms with E-state index in [2.05, 4.69) is 89.8 Å². The van der Waals surface area contributed by atoms with Crippen molar-refractivity contribution in [3.8, 4) is 11.4 Å². The van der Waals surface area contributed by atoms with Crippen molar-refractivity contribution < 1.29 is 43.1 Å². The Balaban J connectivity index is 0.00000121. The Kier molecular flexibility index (Phi) is 7.52. The van der Waals surface area contributed by atoms with Crippen LogP contribution >= 0.6 is 31.9 Å². The number of hydrogen-bond donors (Lipinski definition) is 0. The van der Waals surface area contributed by atoms with Gasteiger partial charge in [-0.3, -0.25) is 0 Å². The fraction of sp³-hybridized carbons (Fsp3) is 0. The molecular formula is C20H14Br4N2. The molecule has 2 aromatic heterocycles. The van der Waals surface area contributed by atoms with E-state index in [1.54, 1.807) is 0 Å². The molecule has 0 unspecified atom stereocenters. The van der Waals surface area contributed by atoms with E-state index < -0.39 is 0 Å². The van der Waals surface area contributed by atoms with Gasteiger partial charge >= 0.3 is 0 Å². The molecule has 0 aliphatic carbocycles. The zero-order chi connectivity index (χ0) is 16.5. The molecule has 0 saturated heterocycles. The number of nitrogens with zero attached hydrogens (tertiary/aromatic N) is 2. The molecule has 0 aliphatic rings. The quantitative estimate of drug-likeness (QED) is 0.204. The summed E-state index contributed by atoms with van der Waals surface area (Å²) in [6, 6.07) is 25.2. The van der Waals surface area contributed by atoms with Crippen LogP contribution in [0.2, 0.25) is 0 Å². The number of halogens is 4. The van der Waals surface area contributed by atoms with Gasteiger partial charge in [0, 0.05) is 80.4 Å². The predicted molar refractivity (Wildman–Crippen MR) is 102 cm³/mol. The number of aromatic nitrogens is 2. The number of benzene rings is 2. The van der Waals surface area contributed by atoms with E-state index in [0.717, 1.165) is 20.6 Å². The van der Waals surface area contributed by atoms with Crippen molar-refractivity contribution in [3.05, 3.63) is 94.4 Å². The van der Waals surface area contributed by atoms with Crippen LogP contribution in [0.1, 0.15) is 0 Å². The van der Waals surface area contributed by atoms with Gasteiger partial charge in [0.25, 0.3) is 9.21 Å². The van der Waals surface area contributed by atoms with Crippen LogP contribution in [-0.4, -0.2) is 0 Å². The van der Waals surface area contributed by atoms with Crippen LogP contribution in [0.5, 0.6) is 0 Å². The molecule has 0 fully saturated rings. The van der Waals surface area contributed by atoms with Crippen LogP contribution in [-0.2, 0) is 0 Å². The fourth-order valence-electron chi connectivity index (χ4n) is 2.78. The number of pyridine rings is 2. The van der Waals surface area contributed by atoms with Crippen LogP contribution in [0.15, 0.2) is 94.4 Å². The average Bonchev–Trinajstić information content (AvgIpc) is 2.62. The standard InChI is InChI=1S/C20H14Br2N2.2BrH/c21-19-5-1-3-11-23(19)17-9-7-16-14-18(10-8-15(16)13-17)24-12-4-2-6-20(24)22;;/h1-14H;2*1H/q+2;;/p-2. The predicted octanol–water partition coefficient (Wildman–Crippen LogP) is -1.07. The van der Waals surface area contributed by atoms with Crippen LogP contribution in [0.3, 0.4) is 0 Å². The van der Waals surface area contributed by atoms with E-state index in [-0.39, 0.29) is 34.0 Å². The highest BCUT2D eigenvalue weighted by Crippen LogP contribution is 2.20. The highest BCUT2D eigenvalue weighted by Gasteiger charge is 2.14. The largest absolute Gasteiger partial charge is 1.00 e. The van der Waals surface area contributed by atoms with Crippen LogP contribution < -0.4 is 43.1 Å². The zero-order valence-corrected chi connectivity index (χ0v) is 19.8. The van der Waals surface area contributed by atoms with E-state index in [1.807, 2.05) is 36.4 Å². The van der Waals surface area contributed by atoms with Crippen LogP contribution in [0, 0.1) is 0 Å². The van der Waals surface area contributed by atoms with Crippen molar-refractivity contribution in [1.29, 1.82) is 0 Å². The summed E-state index contributed by atoms with van der Waals surface area (Å²) >= 11 is 7.20. The minimum atomic E-state index is 0. The van der Waals surface area contributed by atoms with Crippen molar-refractivity contribution in [3.63, 3.8) is 0 Å². The van der Waals surface area contributed by atoms with Gasteiger partial charge in [-0.15, -0.1) is 0 Å². The average molecular weight is 602 g/mol. The van der Waals surface area contributed by atoms with Gasteiger partial charge in [0.1, 0.15) is 0 Å². The molecule has 4 rings (SSSR count). The molecule has 2 aromatic carbocycles. The second-order valence-electron chi connectivity index (χ2n) is 5.50. The summed E-state index contributed by atoms with van der Waals surface area (Å²) in [4.78, 5) is 0. The Labute approximate surface area is 190 Å². The summed E-state index contributed by atoms with van der Waals surface area (Å²) in [5, 5.41) is 2.43. The molecule has 0 atom stereocenters. The third kappa shape index (κ3) is 4.25. The summed E-state index contributed by atoms with van der Waals surface area (Å²) in [5.41, 5.74) is 2.27. The lowest BCUT2D eigenvalue weighted by Crippen LogP contribution is -3.00. The summed E-state index contributed by atoms with van der Waals surface area (Å²) < 4.78 is 6.31. The molecule has 0 saturated carbocycles. The summed E-state index contributed by atoms with van der Waals surface area (Å²) in [5.74, 6) is 0. The first-order chi connectivity index (χ1) is 11.7. The van der Waals surface area contributed by atoms with Crippen LogP contribution in [0.4, 0.5) is 0 Å². The van der Waals surface area contributed by atoms with E-state index in [9.17, 15) is 0 Å². The Hall–Kier alpha value is -1.08. The van der Waals surface area contributed by atoms with E-state index in [1.165, 1.54) is 10.8 Å². The van der Waals surface area contributed by atoms with Gasteiger partial charge in [-0.1, -0.05) is 0 Å². The third-order valence-corrected chi connectivity index (χ3v) is 5.28. The third-order valence-electron chi connectivity index (χ3n) is 3.98. The zero-order valence-electron chi connectivity index (χ0n) is 13.5. The normalized spacial score (nSPS) is 10.1. The first kappa shape index (κ1) is 21.2. The van der Waals surface area contributed by atoms with Gasteiger partial charge in [0.15, 0.2) is 12.4 Å². The second kappa shape index (κ2) is 9.22.